The lowest BCUT2D eigenvalue weighted by Crippen LogP contribution is -2.12. The number of hydrogen-bond donors (Lipinski definition) is 1. The maximum absolute atomic E-state index is 12.8. The van der Waals surface area contributed by atoms with E-state index in [9.17, 15) is 17.6 Å². The molecule has 0 bridgehead atoms. The number of nitrogens with one attached hydrogen (secondary N) is 1. The van der Waals surface area contributed by atoms with Crippen LogP contribution in [-0.4, -0.2) is 20.1 Å². The molecule has 1 amide bonds. The molecule has 1 N–H and O–H groups in total. The summed E-state index contributed by atoms with van der Waals surface area (Å²) in [7, 11) is -3.21. The molecule has 0 atom stereocenters. The molecular weight excluding hydrogens is 317 g/mol. The van der Waals surface area contributed by atoms with Gasteiger partial charge >= 0.3 is 0 Å². The van der Waals surface area contributed by atoms with E-state index in [0.29, 0.717) is 23.4 Å². The van der Waals surface area contributed by atoms with Gasteiger partial charge in [0, 0.05) is 12.1 Å². The van der Waals surface area contributed by atoms with Gasteiger partial charge < -0.3 is 5.32 Å². The summed E-state index contributed by atoms with van der Waals surface area (Å²) in [4.78, 5) is 12.3. The summed E-state index contributed by atoms with van der Waals surface area (Å²) in [5.74, 6) is -0.383. The van der Waals surface area contributed by atoms with Crippen LogP contribution in [0.5, 0.6) is 0 Å². The number of fused-ring (bicyclic) bond motifs is 1. The summed E-state index contributed by atoms with van der Waals surface area (Å²) < 4.78 is 36.6. The number of benzene rings is 2. The second-order valence-corrected chi connectivity index (χ2v) is 7.64. The number of aryl methyl sites for hydroxylation is 2. The molecule has 1 aliphatic heterocycles. The standard InChI is InChI=1S/C17H16FNO3S/c18-14-5-1-12(2-6-14)3-8-17(20)19-15-7-4-13-9-10-23(21,22)16(13)11-15/h1-2,4-7,11H,3,8-10H2,(H,19,20). The molecule has 4 nitrogen and oxygen atoms in total. The van der Waals surface area contributed by atoms with Crippen LogP contribution >= 0.6 is 0 Å². The fourth-order valence-corrected chi connectivity index (χ4v) is 4.20. The highest BCUT2D eigenvalue weighted by Gasteiger charge is 2.26. The zero-order valence-corrected chi connectivity index (χ0v) is 13.2. The van der Waals surface area contributed by atoms with E-state index < -0.39 is 9.84 Å². The van der Waals surface area contributed by atoms with Gasteiger partial charge in [-0.1, -0.05) is 18.2 Å². The number of carbonyl (C=O) groups is 1. The van der Waals surface area contributed by atoms with E-state index in [0.717, 1.165) is 11.1 Å². The van der Waals surface area contributed by atoms with Crippen LogP contribution in [0.2, 0.25) is 0 Å². The van der Waals surface area contributed by atoms with E-state index >= 15 is 0 Å². The predicted molar refractivity (Wildman–Crippen MR) is 85.5 cm³/mol. The Labute approximate surface area is 134 Å². The molecule has 0 saturated heterocycles. The molecule has 2 aromatic rings. The SMILES string of the molecule is O=C(CCc1ccc(F)cc1)Nc1ccc2c(c1)S(=O)(=O)CC2. The van der Waals surface area contributed by atoms with Crippen LogP contribution in [0, 0.1) is 5.82 Å². The molecule has 1 heterocycles. The van der Waals surface area contributed by atoms with Gasteiger partial charge in [-0.3, -0.25) is 4.79 Å². The maximum Gasteiger partial charge on any atom is 0.224 e. The van der Waals surface area contributed by atoms with Gasteiger partial charge in [0.15, 0.2) is 9.84 Å². The first kappa shape index (κ1) is 15.7. The molecule has 0 aromatic heterocycles. The minimum atomic E-state index is -3.21. The predicted octanol–water partition coefficient (Wildman–Crippen LogP) is 2.73. The van der Waals surface area contributed by atoms with Crippen LogP contribution in [0.15, 0.2) is 47.4 Å². The second-order valence-electron chi connectivity index (χ2n) is 5.57. The number of sulfone groups is 1. The number of anilines is 1. The van der Waals surface area contributed by atoms with E-state index in [-0.39, 0.29) is 23.9 Å². The van der Waals surface area contributed by atoms with Crippen molar-refractivity contribution < 1.29 is 17.6 Å². The zero-order valence-electron chi connectivity index (χ0n) is 12.4. The Morgan fingerprint density at radius 2 is 1.87 bits per heavy atom. The molecule has 23 heavy (non-hydrogen) atoms. The van der Waals surface area contributed by atoms with Gasteiger partial charge in [0.05, 0.1) is 10.6 Å². The summed E-state index contributed by atoms with van der Waals surface area (Å²) >= 11 is 0. The molecule has 120 valence electrons. The van der Waals surface area contributed by atoms with Crippen molar-refractivity contribution >= 4 is 21.4 Å². The third kappa shape index (κ3) is 3.59. The first-order chi connectivity index (χ1) is 10.9. The van der Waals surface area contributed by atoms with Crippen LogP contribution in [0.25, 0.3) is 0 Å². The maximum atomic E-state index is 12.8. The number of hydrogen-bond acceptors (Lipinski definition) is 3. The monoisotopic (exact) mass is 333 g/mol. The Morgan fingerprint density at radius 3 is 2.61 bits per heavy atom. The first-order valence-corrected chi connectivity index (χ1v) is 8.99. The van der Waals surface area contributed by atoms with Crippen LogP contribution in [0.4, 0.5) is 10.1 Å². The summed E-state index contributed by atoms with van der Waals surface area (Å²) in [6.45, 7) is 0. The molecular formula is C17H16FNO3S. The fraction of sp³-hybridized carbons (Fsp3) is 0.235. The first-order valence-electron chi connectivity index (χ1n) is 7.34. The molecule has 6 heteroatoms. The molecule has 0 fully saturated rings. The van der Waals surface area contributed by atoms with Crippen LogP contribution in [-0.2, 0) is 27.5 Å². The average molecular weight is 333 g/mol. The summed E-state index contributed by atoms with van der Waals surface area (Å²) in [5.41, 5.74) is 2.16. The van der Waals surface area contributed by atoms with E-state index in [2.05, 4.69) is 5.32 Å². The molecule has 1 aliphatic rings. The Hall–Kier alpha value is -2.21. The van der Waals surface area contributed by atoms with Crippen molar-refractivity contribution in [3.8, 4) is 0 Å². The largest absolute Gasteiger partial charge is 0.326 e. The molecule has 3 rings (SSSR count). The molecule has 0 aliphatic carbocycles. The topological polar surface area (TPSA) is 63.2 Å². The zero-order chi connectivity index (χ0) is 16.4. The van der Waals surface area contributed by atoms with Gasteiger partial charge in [-0.25, -0.2) is 12.8 Å². The highest BCUT2D eigenvalue weighted by molar-refractivity contribution is 7.91. The van der Waals surface area contributed by atoms with Crippen molar-refractivity contribution in [2.75, 3.05) is 11.1 Å². The van der Waals surface area contributed by atoms with Crippen LogP contribution in [0.1, 0.15) is 17.5 Å². The summed E-state index contributed by atoms with van der Waals surface area (Å²) in [5, 5.41) is 2.71. The Kier molecular flexibility index (Phi) is 4.17. The van der Waals surface area contributed by atoms with Crippen LogP contribution < -0.4 is 5.32 Å². The summed E-state index contributed by atoms with van der Waals surface area (Å²) in [6.07, 6.45) is 1.27. The van der Waals surface area contributed by atoms with Crippen LogP contribution in [0.3, 0.4) is 0 Å². The highest BCUT2D eigenvalue weighted by Crippen LogP contribution is 2.28. The van der Waals surface area contributed by atoms with E-state index in [1.54, 1.807) is 24.3 Å². The fourth-order valence-electron chi connectivity index (χ4n) is 2.62. The van der Waals surface area contributed by atoms with Gasteiger partial charge in [-0.05, 0) is 48.2 Å². The molecule has 0 saturated carbocycles. The van der Waals surface area contributed by atoms with Crippen molar-refractivity contribution in [2.45, 2.75) is 24.2 Å². The van der Waals surface area contributed by atoms with Crippen molar-refractivity contribution in [3.63, 3.8) is 0 Å². The van der Waals surface area contributed by atoms with Gasteiger partial charge in [-0.2, -0.15) is 0 Å². The van der Waals surface area contributed by atoms with Crippen molar-refractivity contribution in [1.82, 2.24) is 0 Å². The second kappa shape index (κ2) is 6.12. The molecule has 2 aromatic carbocycles. The lowest BCUT2D eigenvalue weighted by Gasteiger charge is -2.07. The Balaban J connectivity index is 1.63. The van der Waals surface area contributed by atoms with Crippen molar-refractivity contribution in [2.24, 2.45) is 0 Å². The molecule has 0 unspecified atom stereocenters. The quantitative estimate of drug-likeness (QED) is 0.936. The number of carbonyl (C=O) groups excluding carboxylic acids is 1. The lowest BCUT2D eigenvalue weighted by molar-refractivity contribution is -0.116. The Morgan fingerprint density at radius 1 is 1.13 bits per heavy atom. The van der Waals surface area contributed by atoms with Crippen molar-refractivity contribution in [3.05, 3.63) is 59.4 Å². The lowest BCUT2D eigenvalue weighted by atomic mass is 10.1. The highest BCUT2D eigenvalue weighted by atomic mass is 32.2. The van der Waals surface area contributed by atoms with E-state index in [1.165, 1.54) is 18.2 Å². The molecule has 0 spiro atoms. The Bertz CT molecular complexity index is 845. The normalized spacial score (nSPS) is 15.2. The number of rotatable bonds is 4. The van der Waals surface area contributed by atoms with Gasteiger partial charge in [0.2, 0.25) is 5.91 Å². The summed E-state index contributed by atoms with van der Waals surface area (Å²) in [6, 6.07) is 11.0. The van der Waals surface area contributed by atoms with E-state index in [1.807, 2.05) is 0 Å². The average Bonchev–Trinajstić information content (AvgIpc) is 2.82. The van der Waals surface area contributed by atoms with Gasteiger partial charge in [-0.15, -0.1) is 0 Å². The number of halogens is 1. The van der Waals surface area contributed by atoms with E-state index in [4.69, 9.17) is 0 Å². The van der Waals surface area contributed by atoms with Gasteiger partial charge in [0.1, 0.15) is 5.82 Å². The number of amides is 1. The third-order valence-electron chi connectivity index (χ3n) is 3.88. The van der Waals surface area contributed by atoms with Crippen molar-refractivity contribution in [1.29, 1.82) is 0 Å². The molecule has 0 radical (unpaired) electrons. The minimum absolute atomic E-state index is 0.129. The third-order valence-corrected chi connectivity index (χ3v) is 5.67. The van der Waals surface area contributed by atoms with Gasteiger partial charge in [0.25, 0.3) is 0 Å². The minimum Gasteiger partial charge on any atom is -0.326 e. The smallest absolute Gasteiger partial charge is 0.224 e.